The van der Waals surface area contributed by atoms with E-state index in [1.165, 1.54) is 0 Å². The van der Waals surface area contributed by atoms with Gasteiger partial charge < -0.3 is 9.80 Å². The molecule has 0 saturated carbocycles. The Morgan fingerprint density at radius 3 is 2.52 bits per heavy atom. The van der Waals surface area contributed by atoms with Gasteiger partial charge in [-0.2, -0.15) is 0 Å². The van der Waals surface area contributed by atoms with Crippen LogP contribution in [-0.2, 0) is 5.75 Å². The summed E-state index contributed by atoms with van der Waals surface area (Å²) in [4.78, 5) is 17.6. The Labute approximate surface area is 204 Å². The molecule has 1 aliphatic rings. The molecule has 1 aliphatic heterocycles. The van der Waals surface area contributed by atoms with Crippen molar-refractivity contribution >= 4 is 29.3 Å². The minimum Gasteiger partial charge on any atom is -0.336 e. The highest BCUT2D eigenvalue weighted by Crippen LogP contribution is 2.30. The fourth-order valence-corrected chi connectivity index (χ4v) is 5.19. The lowest BCUT2D eigenvalue weighted by Crippen LogP contribution is -2.48. The summed E-state index contributed by atoms with van der Waals surface area (Å²) in [7, 11) is 0. The number of halogens is 1. The van der Waals surface area contributed by atoms with Crippen LogP contribution in [0.2, 0.25) is 5.02 Å². The molecule has 33 heavy (non-hydrogen) atoms. The Bertz CT molecular complexity index is 1110. The predicted octanol–water partition coefficient (Wildman–Crippen LogP) is 5.11. The molecule has 2 heterocycles. The third-order valence-electron chi connectivity index (χ3n) is 5.95. The maximum absolute atomic E-state index is 13.3. The molecule has 2 aromatic carbocycles. The average Bonchev–Trinajstić information content (AvgIpc) is 3.27. The van der Waals surface area contributed by atoms with Crippen molar-refractivity contribution in [2.24, 2.45) is 0 Å². The number of rotatable bonds is 7. The number of carbonyl (C=O) groups excluding carboxylic acids is 1. The van der Waals surface area contributed by atoms with E-state index < -0.39 is 0 Å². The van der Waals surface area contributed by atoms with Gasteiger partial charge in [-0.05, 0) is 36.4 Å². The zero-order chi connectivity index (χ0) is 23.4. The summed E-state index contributed by atoms with van der Waals surface area (Å²) in [6.45, 7) is 10.8. The number of amides is 1. The predicted molar refractivity (Wildman–Crippen MR) is 134 cm³/mol. The van der Waals surface area contributed by atoms with E-state index >= 15 is 0 Å². The van der Waals surface area contributed by atoms with Crippen molar-refractivity contribution in [2.75, 3.05) is 32.7 Å². The summed E-state index contributed by atoms with van der Waals surface area (Å²) in [5.74, 6) is 1.84. The Balaban J connectivity index is 1.56. The molecule has 0 N–H and O–H groups in total. The number of benzene rings is 2. The SMILES string of the molecule is CCN1CCN(C(=O)c2ccccc2CSc2nnc(C(C)C)n2-c2cccc(Cl)c2)CC1. The lowest BCUT2D eigenvalue weighted by molar-refractivity contribution is 0.0642. The zero-order valence-corrected chi connectivity index (χ0v) is 20.9. The van der Waals surface area contributed by atoms with Crippen LogP contribution in [0.3, 0.4) is 0 Å². The summed E-state index contributed by atoms with van der Waals surface area (Å²) in [5.41, 5.74) is 2.72. The van der Waals surface area contributed by atoms with Gasteiger partial charge in [0.15, 0.2) is 5.16 Å². The van der Waals surface area contributed by atoms with Crippen molar-refractivity contribution in [3.63, 3.8) is 0 Å². The van der Waals surface area contributed by atoms with E-state index in [1.807, 2.05) is 53.4 Å². The number of nitrogens with zero attached hydrogens (tertiary/aromatic N) is 5. The van der Waals surface area contributed by atoms with Gasteiger partial charge in [0.25, 0.3) is 5.91 Å². The number of aromatic nitrogens is 3. The van der Waals surface area contributed by atoms with Crippen LogP contribution in [0.15, 0.2) is 53.7 Å². The van der Waals surface area contributed by atoms with Crippen molar-refractivity contribution in [3.05, 3.63) is 70.5 Å². The van der Waals surface area contributed by atoms with Crippen molar-refractivity contribution in [3.8, 4) is 5.69 Å². The van der Waals surface area contributed by atoms with Crippen LogP contribution < -0.4 is 0 Å². The van der Waals surface area contributed by atoms with Crippen LogP contribution in [0, 0.1) is 0 Å². The standard InChI is InChI=1S/C25H30ClN5OS/c1-4-29-12-14-30(15-13-29)24(32)22-11-6-5-8-19(22)17-33-25-28-27-23(18(2)3)31(25)21-10-7-9-20(26)16-21/h5-11,16,18H,4,12-15,17H2,1-3H3. The largest absolute Gasteiger partial charge is 0.336 e. The molecule has 1 aromatic heterocycles. The molecule has 1 amide bonds. The maximum Gasteiger partial charge on any atom is 0.254 e. The van der Waals surface area contributed by atoms with Crippen molar-refractivity contribution in [2.45, 2.75) is 37.6 Å². The van der Waals surface area contributed by atoms with Crippen LogP contribution in [0.1, 0.15) is 48.4 Å². The van der Waals surface area contributed by atoms with E-state index in [0.29, 0.717) is 10.8 Å². The molecule has 1 saturated heterocycles. The van der Waals surface area contributed by atoms with Crippen molar-refractivity contribution in [1.29, 1.82) is 0 Å². The first-order valence-corrected chi connectivity index (χ1v) is 12.8. The summed E-state index contributed by atoms with van der Waals surface area (Å²) >= 11 is 7.85. The van der Waals surface area contributed by atoms with Gasteiger partial charge in [-0.15, -0.1) is 10.2 Å². The molecule has 0 unspecified atom stereocenters. The topological polar surface area (TPSA) is 54.3 Å². The molecule has 1 fully saturated rings. The average molecular weight is 484 g/mol. The molecule has 4 rings (SSSR count). The van der Waals surface area contributed by atoms with Gasteiger partial charge in [0.2, 0.25) is 0 Å². The summed E-state index contributed by atoms with van der Waals surface area (Å²) < 4.78 is 2.07. The fraction of sp³-hybridized carbons (Fsp3) is 0.400. The second-order valence-electron chi connectivity index (χ2n) is 8.48. The molecule has 0 atom stereocenters. The monoisotopic (exact) mass is 483 g/mol. The number of hydrogen-bond donors (Lipinski definition) is 0. The van der Waals surface area contributed by atoms with E-state index in [9.17, 15) is 4.79 Å². The lowest BCUT2D eigenvalue weighted by atomic mass is 10.1. The molecule has 3 aromatic rings. The third kappa shape index (κ3) is 5.42. The number of hydrogen-bond acceptors (Lipinski definition) is 5. The third-order valence-corrected chi connectivity index (χ3v) is 7.17. The van der Waals surface area contributed by atoms with Gasteiger partial charge in [-0.3, -0.25) is 9.36 Å². The highest BCUT2D eigenvalue weighted by Gasteiger charge is 2.24. The second kappa shape index (κ2) is 10.7. The van der Waals surface area contributed by atoms with Gasteiger partial charge in [0, 0.05) is 48.4 Å². The molecule has 8 heteroatoms. The van der Waals surface area contributed by atoms with Crippen LogP contribution >= 0.6 is 23.4 Å². The molecular weight excluding hydrogens is 454 g/mol. The summed E-state index contributed by atoms with van der Waals surface area (Å²) in [5, 5.41) is 10.4. The summed E-state index contributed by atoms with van der Waals surface area (Å²) in [6, 6.07) is 15.6. The molecular formula is C25H30ClN5OS. The van der Waals surface area contributed by atoms with Gasteiger partial charge in [-0.25, -0.2) is 0 Å². The molecule has 0 radical (unpaired) electrons. The van der Waals surface area contributed by atoms with E-state index in [2.05, 4.69) is 40.4 Å². The zero-order valence-electron chi connectivity index (χ0n) is 19.4. The van der Waals surface area contributed by atoms with Gasteiger partial charge in [0.05, 0.1) is 5.69 Å². The molecule has 174 valence electrons. The summed E-state index contributed by atoms with van der Waals surface area (Å²) in [6.07, 6.45) is 0. The van der Waals surface area contributed by atoms with Gasteiger partial charge in [-0.1, -0.05) is 68.4 Å². The van der Waals surface area contributed by atoms with E-state index in [4.69, 9.17) is 11.6 Å². The van der Waals surface area contributed by atoms with Crippen LogP contribution in [0.4, 0.5) is 0 Å². The fourth-order valence-electron chi connectivity index (χ4n) is 4.04. The Morgan fingerprint density at radius 2 is 1.82 bits per heavy atom. The number of likely N-dealkylation sites (N-methyl/N-ethyl adjacent to an activating group) is 1. The Hall–Kier alpha value is -2.35. The normalized spacial score (nSPS) is 14.8. The number of carbonyl (C=O) groups is 1. The minimum atomic E-state index is 0.112. The highest BCUT2D eigenvalue weighted by atomic mass is 35.5. The Kier molecular flexibility index (Phi) is 7.73. The first-order valence-electron chi connectivity index (χ1n) is 11.4. The van der Waals surface area contributed by atoms with Crippen molar-refractivity contribution in [1.82, 2.24) is 24.6 Å². The van der Waals surface area contributed by atoms with Crippen LogP contribution in [0.25, 0.3) is 5.69 Å². The second-order valence-corrected chi connectivity index (χ2v) is 9.86. The lowest BCUT2D eigenvalue weighted by Gasteiger charge is -2.34. The highest BCUT2D eigenvalue weighted by molar-refractivity contribution is 7.98. The quantitative estimate of drug-likeness (QED) is 0.437. The number of piperazine rings is 1. The Morgan fingerprint density at radius 1 is 1.06 bits per heavy atom. The van der Waals surface area contributed by atoms with Gasteiger partial charge in [0.1, 0.15) is 5.82 Å². The molecule has 6 nitrogen and oxygen atoms in total. The van der Waals surface area contributed by atoms with Crippen molar-refractivity contribution < 1.29 is 4.79 Å². The molecule has 0 bridgehead atoms. The number of thioether (sulfide) groups is 1. The minimum absolute atomic E-state index is 0.112. The first-order chi connectivity index (χ1) is 16.0. The van der Waals surface area contributed by atoms with Crippen LogP contribution in [-0.4, -0.2) is 63.2 Å². The van der Waals surface area contributed by atoms with E-state index in [1.54, 1.807) is 11.8 Å². The van der Waals surface area contributed by atoms with Gasteiger partial charge >= 0.3 is 0 Å². The smallest absolute Gasteiger partial charge is 0.254 e. The molecule has 0 aliphatic carbocycles. The first kappa shape index (κ1) is 23.8. The van der Waals surface area contributed by atoms with E-state index in [-0.39, 0.29) is 11.8 Å². The van der Waals surface area contributed by atoms with Crippen LogP contribution in [0.5, 0.6) is 0 Å². The molecule has 0 spiro atoms. The van der Waals surface area contributed by atoms with E-state index in [0.717, 1.165) is 60.5 Å². The maximum atomic E-state index is 13.3.